The van der Waals surface area contributed by atoms with Gasteiger partial charge < -0.3 is 9.47 Å². The van der Waals surface area contributed by atoms with E-state index in [1.165, 1.54) is 0 Å². The zero-order chi connectivity index (χ0) is 13.0. The highest BCUT2D eigenvalue weighted by molar-refractivity contribution is 7.99. The van der Waals surface area contributed by atoms with Gasteiger partial charge in [0.1, 0.15) is 0 Å². The van der Waals surface area contributed by atoms with Gasteiger partial charge >= 0.3 is 5.69 Å². The zero-order valence-corrected chi connectivity index (χ0v) is 11.5. The van der Waals surface area contributed by atoms with E-state index in [9.17, 15) is 4.79 Å². The molecule has 0 atom stereocenters. The summed E-state index contributed by atoms with van der Waals surface area (Å²) in [5.41, 5.74) is -0.155. The van der Waals surface area contributed by atoms with Crippen LogP contribution in [0.15, 0.2) is 9.95 Å². The molecule has 1 aromatic heterocycles. The van der Waals surface area contributed by atoms with Crippen molar-refractivity contribution in [2.75, 3.05) is 19.0 Å². The van der Waals surface area contributed by atoms with Gasteiger partial charge in [-0.1, -0.05) is 11.8 Å². The van der Waals surface area contributed by atoms with E-state index in [-0.39, 0.29) is 18.0 Å². The van der Waals surface area contributed by atoms with Crippen molar-refractivity contribution in [3.8, 4) is 0 Å². The molecule has 0 unspecified atom stereocenters. The maximum Gasteiger partial charge on any atom is 0.344 e. The summed E-state index contributed by atoms with van der Waals surface area (Å²) in [6, 6.07) is 0.112. The summed E-state index contributed by atoms with van der Waals surface area (Å²) >= 11 is 1.55. The van der Waals surface area contributed by atoms with Crippen LogP contribution in [-0.2, 0) is 9.47 Å². The predicted octanol–water partition coefficient (Wildman–Crippen LogP) is 1.40. The summed E-state index contributed by atoms with van der Waals surface area (Å²) in [6.45, 7) is 5.48. The normalized spacial score (nSPS) is 17.5. The Morgan fingerprint density at radius 1 is 1.50 bits per heavy atom. The number of H-pyrrole nitrogens is 1. The van der Waals surface area contributed by atoms with Gasteiger partial charge in [-0.05, 0) is 20.3 Å². The molecule has 2 heterocycles. The van der Waals surface area contributed by atoms with Crippen molar-refractivity contribution in [2.24, 2.45) is 0 Å². The van der Waals surface area contributed by atoms with Crippen LogP contribution in [-0.4, -0.2) is 40.0 Å². The molecule has 1 fully saturated rings. The van der Waals surface area contributed by atoms with Gasteiger partial charge in [-0.3, -0.25) is 4.57 Å². The molecule has 1 N–H and O–H groups in total. The van der Waals surface area contributed by atoms with Crippen molar-refractivity contribution in [2.45, 2.75) is 44.2 Å². The quantitative estimate of drug-likeness (QED) is 0.821. The van der Waals surface area contributed by atoms with Crippen molar-refractivity contribution in [3.63, 3.8) is 0 Å². The van der Waals surface area contributed by atoms with Crippen molar-refractivity contribution in [1.29, 1.82) is 0 Å². The van der Waals surface area contributed by atoms with Crippen LogP contribution in [0.25, 0.3) is 0 Å². The third-order valence-electron chi connectivity index (χ3n) is 2.67. The van der Waals surface area contributed by atoms with Gasteiger partial charge in [-0.15, -0.1) is 5.10 Å². The van der Waals surface area contributed by atoms with E-state index in [1.54, 1.807) is 16.3 Å². The molecule has 0 amide bonds. The molecule has 0 radical (unpaired) electrons. The fourth-order valence-electron chi connectivity index (χ4n) is 1.80. The molecule has 0 aromatic carbocycles. The second-order valence-corrected chi connectivity index (χ2v) is 5.50. The van der Waals surface area contributed by atoms with E-state index in [1.807, 2.05) is 13.8 Å². The minimum absolute atomic E-state index is 0.107. The van der Waals surface area contributed by atoms with Gasteiger partial charge in [-0.2, -0.15) is 0 Å². The van der Waals surface area contributed by atoms with Crippen LogP contribution in [0.4, 0.5) is 0 Å². The Balaban J connectivity index is 1.84. The van der Waals surface area contributed by atoms with Crippen LogP contribution in [0, 0.1) is 0 Å². The lowest BCUT2D eigenvalue weighted by Gasteiger charge is -2.22. The lowest BCUT2D eigenvalue weighted by molar-refractivity contribution is -0.178. The lowest BCUT2D eigenvalue weighted by Crippen LogP contribution is -2.25. The summed E-state index contributed by atoms with van der Waals surface area (Å²) in [7, 11) is 0. The molecule has 1 saturated heterocycles. The largest absolute Gasteiger partial charge is 0.353 e. The van der Waals surface area contributed by atoms with Gasteiger partial charge in [0.15, 0.2) is 11.4 Å². The fourth-order valence-corrected chi connectivity index (χ4v) is 2.83. The average Bonchev–Trinajstić information content (AvgIpc) is 2.72. The summed E-state index contributed by atoms with van der Waals surface area (Å²) in [4.78, 5) is 11.5. The number of hydrogen-bond donors (Lipinski definition) is 1. The number of aromatic amines is 1. The summed E-state index contributed by atoms with van der Waals surface area (Å²) in [5, 5.41) is 7.24. The highest BCUT2D eigenvalue weighted by atomic mass is 32.2. The summed E-state index contributed by atoms with van der Waals surface area (Å²) in [6.07, 6.45) is 1.67. The van der Waals surface area contributed by atoms with Crippen LogP contribution in [0.2, 0.25) is 0 Å². The van der Waals surface area contributed by atoms with Crippen LogP contribution in [0.5, 0.6) is 0 Å². The average molecular weight is 273 g/mol. The molecule has 0 aliphatic carbocycles. The third kappa shape index (κ3) is 3.37. The molecule has 7 heteroatoms. The fraction of sp³-hybridized carbons (Fsp3) is 0.818. The first-order valence-corrected chi connectivity index (χ1v) is 7.20. The van der Waals surface area contributed by atoms with E-state index < -0.39 is 0 Å². The standard InChI is InChI=1S/C11H19N3O3S/c1-8(2)14-10(15)12-13-11(14)18-7-4-9-16-5-3-6-17-9/h8-9H,3-7H2,1-2H3,(H,12,15). The second-order valence-electron chi connectivity index (χ2n) is 4.44. The van der Waals surface area contributed by atoms with Crippen LogP contribution < -0.4 is 5.69 Å². The Kier molecular flexibility index (Phi) is 4.85. The molecule has 6 nitrogen and oxygen atoms in total. The Bertz CT molecular complexity index is 423. The predicted molar refractivity (Wildman–Crippen MR) is 68.9 cm³/mol. The van der Waals surface area contributed by atoms with Gasteiger partial charge in [0.05, 0.1) is 13.2 Å². The van der Waals surface area contributed by atoms with Gasteiger partial charge in [0.2, 0.25) is 0 Å². The van der Waals surface area contributed by atoms with Gasteiger partial charge in [-0.25, -0.2) is 9.89 Å². The molecular weight excluding hydrogens is 254 g/mol. The minimum atomic E-state index is -0.155. The zero-order valence-electron chi connectivity index (χ0n) is 10.7. The molecule has 0 spiro atoms. The number of thioether (sulfide) groups is 1. The molecule has 102 valence electrons. The lowest BCUT2D eigenvalue weighted by atomic mass is 10.4. The van der Waals surface area contributed by atoms with E-state index in [0.717, 1.165) is 37.0 Å². The molecule has 1 aromatic rings. The smallest absolute Gasteiger partial charge is 0.344 e. The summed E-state index contributed by atoms with van der Waals surface area (Å²) < 4.78 is 12.6. The number of nitrogens with zero attached hydrogens (tertiary/aromatic N) is 2. The first-order chi connectivity index (χ1) is 8.68. The maximum atomic E-state index is 11.5. The Morgan fingerprint density at radius 2 is 2.22 bits per heavy atom. The van der Waals surface area contributed by atoms with E-state index in [4.69, 9.17) is 9.47 Å². The molecule has 1 aliphatic rings. The Morgan fingerprint density at radius 3 is 2.89 bits per heavy atom. The number of hydrogen-bond acceptors (Lipinski definition) is 5. The molecule has 18 heavy (non-hydrogen) atoms. The van der Waals surface area contributed by atoms with E-state index >= 15 is 0 Å². The van der Waals surface area contributed by atoms with Gasteiger partial charge in [0, 0.05) is 18.2 Å². The first-order valence-electron chi connectivity index (χ1n) is 6.21. The highest BCUT2D eigenvalue weighted by Crippen LogP contribution is 2.20. The number of aromatic nitrogens is 3. The van der Waals surface area contributed by atoms with Crippen LogP contribution >= 0.6 is 11.8 Å². The third-order valence-corrected chi connectivity index (χ3v) is 3.66. The van der Waals surface area contributed by atoms with Crippen molar-refractivity contribution in [1.82, 2.24) is 14.8 Å². The molecule has 2 rings (SSSR count). The molecule has 0 bridgehead atoms. The summed E-state index contributed by atoms with van der Waals surface area (Å²) in [5.74, 6) is 0.821. The van der Waals surface area contributed by atoms with Crippen molar-refractivity contribution < 1.29 is 9.47 Å². The minimum Gasteiger partial charge on any atom is -0.353 e. The molecule has 0 saturated carbocycles. The maximum absolute atomic E-state index is 11.5. The second kappa shape index (κ2) is 6.40. The Hall–Kier alpha value is -0.790. The topological polar surface area (TPSA) is 69.1 Å². The Labute approximate surface area is 110 Å². The van der Waals surface area contributed by atoms with E-state index in [0.29, 0.717) is 0 Å². The van der Waals surface area contributed by atoms with E-state index in [2.05, 4.69) is 10.2 Å². The molecule has 1 aliphatic heterocycles. The first kappa shape index (κ1) is 13.6. The highest BCUT2D eigenvalue weighted by Gasteiger charge is 2.16. The number of rotatable bonds is 5. The van der Waals surface area contributed by atoms with Gasteiger partial charge in [0.25, 0.3) is 0 Å². The molecular formula is C11H19N3O3S. The van der Waals surface area contributed by atoms with Crippen LogP contribution in [0.1, 0.15) is 32.7 Å². The SMILES string of the molecule is CC(C)n1c(SCCC2OCCCO2)n[nH]c1=O. The van der Waals surface area contributed by atoms with Crippen LogP contribution in [0.3, 0.4) is 0 Å². The van der Waals surface area contributed by atoms with Crippen molar-refractivity contribution in [3.05, 3.63) is 10.5 Å². The van der Waals surface area contributed by atoms with Crippen molar-refractivity contribution >= 4 is 11.8 Å². The monoisotopic (exact) mass is 273 g/mol. The number of nitrogens with one attached hydrogen (secondary N) is 1. The number of ether oxygens (including phenoxy) is 2.